The first-order chi connectivity index (χ1) is 8.19. The van der Waals surface area contributed by atoms with E-state index in [0.29, 0.717) is 12.2 Å². The maximum Gasteiger partial charge on any atom is 0.164 e. The molecule has 2 nitrogen and oxygen atoms in total. The molecule has 0 saturated carbocycles. The van der Waals surface area contributed by atoms with E-state index in [1.807, 2.05) is 6.92 Å². The zero-order valence-electron chi connectivity index (χ0n) is 11.6. The van der Waals surface area contributed by atoms with Gasteiger partial charge in [0.25, 0.3) is 0 Å². The van der Waals surface area contributed by atoms with Crippen LogP contribution in [0.3, 0.4) is 0 Å². The van der Waals surface area contributed by atoms with E-state index in [4.69, 9.17) is 4.74 Å². The van der Waals surface area contributed by atoms with Gasteiger partial charge in [-0.05, 0) is 32.6 Å². The number of hydrogen-bond acceptors (Lipinski definition) is 2. The molecule has 1 rings (SSSR count). The average molecular weight is 240 g/mol. The van der Waals surface area contributed by atoms with Gasteiger partial charge >= 0.3 is 0 Å². The van der Waals surface area contributed by atoms with Gasteiger partial charge in [-0.2, -0.15) is 0 Å². The number of carbonyl (C=O) groups is 1. The Labute approximate surface area is 106 Å². The lowest BCUT2D eigenvalue weighted by Gasteiger charge is -2.32. The molecule has 1 saturated heterocycles. The summed E-state index contributed by atoms with van der Waals surface area (Å²) in [5.74, 6) is 0.327. The van der Waals surface area contributed by atoms with Crippen molar-refractivity contribution in [1.29, 1.82) is 0 Å². The summed E-state index contributed by atoms with van der Waals surface area (Å²) >= 11 is 0. The summed E-state index contributed by atoms with van der Waals surface area (Å²) in [5, 5.41) is 0. The number of ether oxygens (including phenoxy) is 1. The van der Waals surface area contributed by atoms with Gasteiger partial charge in [-0.3, -0.25) is 4.79 Å². The molecule has 1 aliphatic heterocycles. The van der Waals surface area contributed by atoms with Crippen molar-refractivity contribution < 1.29 is 9.53 Å². The molecule has 100 valence electrons. The molecule has 0 spiro atoms. The summed E-state index contributed by atoms with van der Waals surface area (Å²) in [6.45, 7) is 4.97. The van der Waals surface area contributed by atoms with Crippen LogP contribution in [0.2, 0.25) is 0 Å². The van der Waals surface area contributed by atoms with Crippen molar-refractivity contribution in [3.05, 3.63) is 0 Å². The molecule has 0 aromatic rings. The zero-order valence-corrected chi connectivity index (χ0v) is 11.6. The molecule has 2 heteroatoms. The molecule has 1 fully saturated rings. The van der Waals surface area contributed by atoms with Crippen LogP contribution in [-0.2, 0) is 9.53 Å². The van der Waals surface area contributed by atoms with E-state index < -0.39 is 5.60 Å². The van der Waals surface area contributed by atoms with Gasteiger partial charge in [0.05, 0.1) is 0 Å². The largest absolute Gasteiger partial charge is 0.368 e. The number of ketones is 1. The Morgan fingerprint density at radius 2 is 1.82 bits per heavy atom. The highest BCUT2D eigenvalue weighted by atomic mass is 16.5. The molecule has 1 heterocycles. The Morgan fingerprint density at radius 3 is 2.47 bits per heavy atom. The Balaban J connectivity index is 2.11. The Hall–Kier alpha value is -0.370. The number of carbonyl (C=O) groups excluding carboxylic acids is 1. The van der Waals surface area contributed by atoms with Crippen LogP contribution in [0.5, 0.6) is 0 Å². The second-order valence-electron chi connectivity index (χ2n) is 5.48. The van der Waals surface area contributed by atoms with Crippen LogP contribution in [0.15, 0.2) is 0 Å². The van der Waals surface area contributed by atoms with Gasteiger partial charge in [-0.15, -0.1) is 0 Å². The van der Waals surface area contributed by atoms with Crippen LogP contribution in [0.4, 0.5) is 0 Å². The molecule has 0 amide bonds. The second-order valence-corrected chi connectivity index (χ2v) is 5.48. The number of rotatable bonds is 8. The summed E-state index contributed by atoms with van der Waals surface area (Å²) < 4.78 is 5.67. The molecular weight excluding hydrogens is 212 g/mol. The van der Waals surface area contributed by atoms with Crippen molar-refractivity contribution in [2.24, 2.45) is 0 Å². The molecule has 0 aromatic heterocycles. The number of unbranched alkanes of at least 4 members (excludes halogenated alkanes) is 5. The molecule has 0 N–H and O–H groups in total. The van der Waals surface area contributed by atoms with E-state index in [0.717, 1.165) is 32.3 Å². The fourth-order valence-electron chi connectivity index (χ4n) is 2.48. The number of Topliss-reactive ketones (excluding diaryl/α,β-unsaturated/α-hetero) is 1. The first-order valence-electron chi connectivity index (χ1n) is 7.36. The predicted octanol–water partition coefficient (Wildman–Crippen LogP) is 4.27. The highest BCUT2D eigenvalue weighted by molar-refractivity contribution is 5.86. The minimum absolute atomic E-state index is 0.327. The topological polar surface area (TPSA) is 26.3 Å². The average Bonchev–Trinajstić information content (AvgIpc) is 2.34. The maximum absolute atomic E-state index is 12.1. The van der Waals surface area contributed by atoms with Crippen LogP contribution in [0.1, 0.15) is 78.1 Å². The van der Waals surface area contributed by atoms with Crippen LogP contribution < -0.4 is 0 Å². The van der Waals surface area contributed by atoms with E-state index >= 15 is 0 Å². The number of hydrogen-bond donors (Lipinski definition) is 0. The summed E-state index contributed by atoms with van der Waals surface area (Å²) in [6.07, 6.45) is 11.3. The Morgan fingerprint density at radius 1 is 1.12 bits per heavy atom. The molecule has 0 radical (unpaired) electrons. The molecule has 1 aliphatic rings. The van der Waals surface area contributed by atoms with Crippen LogP contribution >= 0.6 is 0 Å². The van der Waals surface area contributed by atoms with Crippen LogP contribution in [0.25, 0.3) is 0 Å². The van der Waals surface area contributed by atoms with Gasteiger partial charge in [0.15, 0.2) is 5.78 Å². The van der Waals surface area contributed by atoms with E-state index in [2.05, 4.69) is 6.92 Å². The monoisotopic (exact) mass is 240 g/mol. The first-order valence-corrected chi connectivity index (χ1v) is 7.36. The van der Waals surface area contributed by atoms with E-state index in [1.54, 1.807) is 0 Å². The lowest BCUT2D eigenvalue weighted by Crippen LogP contribution is -2.41. The van der Waals surface area contributed by atoms with Crippen LogP contribution in [0, 0.1) is 0 Å². The van der Waals surface area contributed by atoms with Crippen molar-refractivity contribution in [2.75, 3.05) is 6.61 Å². The molecule has 17 heavy (non-hydrogen) atoms. The van der Waals surface area contributed by atoms with Gasteiger partial charge < -0.3 is 4.74 Å². The Kier molecular flexibility index (Phi) is 6.79. The van der Waals surface area contributed by atoms with Crippen molar-refractivity contribution in [1.82, 2.24) is 0 Å². The van der Waals surface area contributed by atoms with Crippen molar-refractivity contribution in [3.8, 4) is 0 Å². The summed E-state index contributed by atoms with van der Waals surface area (Å²) in [4.78, 5) is 12.1. The lowest BCUT2D eigenvalue weighted by molar-refractivity contribution is -0.148. The van der Waals surface area contributed by atoms with Gasteiger partial charge in [0, 0.05) is 13.0 Å². The highest BCUT2D eigenvalue weighted by Crippen LogP contribution is 2.27. The fourth-order valence-corrected chi connectivity index (χ4v) is 2.48. The molecular formula is C15H28O2. The van der Waals surface area contributed by atoms with Crippen molar-refractivity contribution >= 4 is 5.78 Å². The minimum Gasteiger partial charge on any atom is -0.368 e. The van der Waals surface area contributed by atoms with Gasteiger partial charge in [-0.25, -0.2) is 0 Å². The molecule has 0 aliphatic carbocycles. The second kappa shape index (κ2) is 7.86. The molecule has 0 aromatic carbocycles. The first kappa shape index (κ1) is 14.7. The maximum atomic E-state index is 12.1. The molecule has 0 bridgehead atoms. The SMILES string of the molecule is CCCCCCCCC(=O)C1(C)CCCCO1. The lowest BCUT2D eigenvalue weighted by atomic mass is 9.89. The Bertz CT molecular complexity index is 217. The predicted molar refractivity (Wildman–Crippen MR) is 71.2 cm³/mol. The standard InChI is InChI=1S/C15H28O2/c1-3-4-5-6-7-8-11-14(16)15(2)12-9-10-13-17-15/h3-13H2,1-2H3. The van der Waals surface area contributed by atoms with Gasteiger partial charge in [0.2, 0.25) is 0 Å². The zero-order chi connectivity index (χ0) is 12.6. The highest BCUT2D eigenvalue weighted by Gasteiger charge is 2.34. The van der Waals surface area contributed by atoms with Gasteiger partial charge in [-0.1, -0.05) is 39.0 Å². The summed E-state index contributed by atoms with van der Waals surface area (Å²) in [5.41, 5.74) is -0.457. The minimum atomic E-state index is -0.457. The van der Waals surface area contributed by atoms with E-state index in [9.17, 15) is 4.79 Å². The van der Waals surface area contributed by atoms with Crippen molar-refractivity contribution in [3.63, 3.8) is 0 Å². The normalized spacial score (nSPS) is 24.8. The molecule has 1 atom stereocenters. The summed E-state index contributed by atoms with van der Waals surface area (Å²) in [6, 6.07) is 0. The van der Waals surface area contributed by atoms with Crippen LogP contribution in [-0.4, -0.2) is 18.0 Å². The quantitative estimate of drug-likeness (QED) is 0.592. The van der Waals surface area contributed by atoms with E-state index in [-0.39, 0.29) is 0 Å². The van der Waals surface area contributed by atoms with E-state index in [1.165, 1.54) is 32.1 Å². The third-order valence-electron chi connectivity index (χ3n) is 3.82. The molecule has 1 unspecified atom stereocenters. The third-order valence-corrected chi connectivity index (χ3v) is 3.82. The van der Waals surface area contributed by atoms with Gasteiger partial charge in [0.1, 0.15) is 5.60 Å². The third kappa shape index (κ3) is 5.20. The smallest absolute Gasteiger partial charge is 0.164 e. The fraction of sp³-hybridized carbons (Fsp3) is 0.933. The summed E-state index contributed by atoms with van der Waals surface area (Å²) in [7, 11) is 0. The van der Waals surface area contributed by atoms with Crippen molar-refractivity contribution in [2.45, 2.75) is 83.7 Å².